The van der Waals surface area contributed by atoms with Gasteiger partial charge in [0.1, 0.15) is 12.4 Å². The van der Waals surface area contributed by atoms with Crippen molar-refractivity contribution in [1.82, 2.24) is 5.32 Å². The minimum absolute atomic E-state index is 0.109. The summed E-state index contributed by atoms with van der Waals surface area (Å²) in [7, 11) is 0. The molecule has 0 saturated carbocycles. The number of ether oxygens (including phenoxy) is 1. The predicted octanol–water partition coefficient (Wildman–Crippen LogP) is 3.59. The van der Waals surface area contributed by atoms with Crippen molar-refractivity contribution >= 4 is 11.8 Å². The van der Waals surface area contributed by atoms with Crippen LogP contribution in [0.3, 0.4) is 0 Å². The van der Waals surface area contributed by atoms with Crippen LogP contribution >= 0.6 is 0 Å². The van der Waals surface area contributed by atoms with Crippen LogP contribution in [0.2, 0.25) is 0 Å². The second-order valence-corrected chi connectivity index (χ2v) is 6.27. The maximum Gasteiger partial charge on any atom is 0.407 e. The Morgan fingerprint density at radius 3 is 2.85 bits per heavy atom. The van der Waals surface area contributed by atoms with Crippen molar-refractivity contribution in [3.8, 4) is 6.07 Å². The minimum atomic E-state index is -0.471. The summed E-state index contributed by atoms with van der Waals surface area (Å²) in [4.78, 5) is 13.9. The van der Waals surface area contributed by atoms with Crippen LogP contribution in [0.15, 0.2) is 48.5 Å². The van der Waals surface area contributed by atoms with Crippen LogP contribution in [0.5, 0.6) is 0 Å². The summed E-state index contributed by atoms with van der Waals surface area (Å²) in [5, 5.41) is 11.7. The molecule has 1 saturated heterocycles. The van der Waals surface area contributed by atoms with Crippen molar-refractivity contribution in [2.75, 3.05) is 18.0 Å². The molecule has 0 bridgehead atoms. The van der Waals surface area contributed by atoms with Gasteiger partial charge in [-0.1, -0.05) is 30.3 Å². The standard InChI is InChI=1S/C20H20FN3O2/c21-18-11-16(12-22)8-9-19(18)24-10-4-7-17(13-24)23-20(25)26-14-15-5-2-1-3-6-15/h1-3,5-6,8-9,11,17H,4,7,10,13-14H2,(H,23,25). The van der Waals surface area contributed by atoms with Gasteiger partial charge in [0.15, 0.2) is 0 Å². The van der Waals surface area contributed by atoms with Gasteiger partial charge in [0, 0.05) is 19.1 Å². The maximum atomic E-state index is 14.2. The average Bonchev–Trinajstić information content (AvgIpc) is 2.67. The van der Waals surface area contributed by atoms with Crippen molar-refractivity contribution in [2.24, 2.45) is 0 Å². The molecule has 1 amide bonds. The molecule has 1 heterocycles. The first-order valence-corrected chi connectivity index (χ1v) is 8.57. The predicted molar refractivity (Wildman–Crippen MR) is 96.1 cm³/mol. The van der Waals surface area contributed by atoms with E-state index in [0.717, 1.165) is 18.4 Å². The average molecular weight is 353 g/mol. The summed E-state index contributed by atoms with van der Waals surface area (Å²) in [5.74, 6) is -0.420. The molecule has 1 atom stereocenters. The molecule has 2 aromatic rings. The number of nitriles is 1. The third-order valence-electron chi connectivity index (χ3n) is 4.37. The first kappa shape index (κ1) is 17.7. The SMILES string of the molecule is N#Cc1ccc(N2CCCC(NC(=O)OCc3ccccc3)C2)c(F)c1. The molecule has 2 aromatic carbocycles. The van der Waals surface area contributed by atoms with Gasteiger partial charge < -0.3 is 15.0 Å². The quantitative estimate of drug-likeness (QED) is 0.912. The Balaban J connectivity index is 1.55. The normalized spacial score (nSPS) is 16.6. The number of carbonyl (C=O) groups excluding carboxylic acids is 1. The van der Waals surface area contributed by atoms with Crippen LogP contribution in [0.25, 0.3) is 0 Å². The fourth-order valence-electron chi connectivity index (χ4n) is 3.08. The van der Waals surface area contributed by atoms with Gasteiger partial charge in [-0.15, -0.1) is 0 Å². The molecule has 1 aliphatic rings. The second-order valence-electron chi connectivity index (χ2n) is 6.27. The highest BCUT2D eigenvalue weighted by molar-refractivity contribution is 5.67. The minimum Gasteiger partial charge on any atom is -0.445 e. The third-order valence-corrected chi connectivity index (χ3v) is 4.37. The monoisotopic (exact) mass is 353 g/mol. The number of alkyl carbamates (subject to hydrolysis) is 1. The molecule has 134 valence electrons. The first-order valence-electron chi connectivity index (χ1n) is 8.57. The molecule has 26 heavy (non-hydrogen) atoms. The van der Waals surface area contributed by atoms with Gasteiger partial charge >= 0.3 is 6.09 Å². The number of halogens is 1. The summed E-state index contributed by atoms with van der Waals surface area (Å²) in [6.45, 7) is 1.43. The lowest BCUT2D eigenvalue weighted by Gasteiger charge is -2.34. The van der Waals surface area contributed by atoms with E-state index in [1.165, 1.54) is 6.07 Å². The lowest BCUT2D eigenvalue weighted by Crippen LogP contribution is -2.48. The summed E-state index contributed by atoms with van der Waals surface area (Å²) < 4.78 is 19.5. The van der Waals surface area contributed by atoms with Gasteiger partial charge in [-0.2, -0.15) is 5.26 Å². The Morgan fingerprint density at radius 2 is 2.12 bits per heavy atom. The highest BCUT2D eigenvalue weighted by Crippen LogP contribution is 2.24. The molecule has 0 radical (unpaired) electrons. The Labute approximate surface area is 152 Å². The molecular weight excluding hydrogens is 333 g/mol. The molecular formula is C20H20FN3O2. The molecule has 1 aliphatic heterocycles. The van der Waals surface area contributed by atoms with Gasteiger partial charge in [0.2, 0.25) is 0 Å². The van der Waals surface area contributed by atoms with Crippen LogP contribution in [0.1, 0.15) is 24.0 Å². The fourth-order valence-corrected chi connectivity index (χ4v) is 3.08. The molecule has 0 aromatic heterocycles. The van der Waals surface area contributed by atoms with E-state index in [4.69, 9.17) is 10.00 Å². The van der Waals surface area contributed by atoms with Crippen LogP contribution in [-0.4, -0.2) is 25.2 Å². The van der Waals surface area contributed by atoms with E-state index in [1.54, 1.807) is 12.1 Å². The van der Waals surface area contributed by atoms with E-state index in [1.807, 2.05) is 41.3 Å². The van der Waals surface area contributed by atoms with E-state index in [9.17, 15) is 9.18 Å². The van der Waals surface area contributed by atoms with Crippen molar-refractivity contribution in [3.05, 3.63) is 65.5 Å². The van der Waals surface area contributed by atoms with Crippen molar-refractivity contribution < 1.29 is 13.9 Å². The van der Waals surface area contributed by atoms with E-state index < -0.39 is 11.9 Å². The van der Waals surface area contributed by atoms with E-state index in [2.05, 4.69) is 5.32 Å². The number of rotatable bonds is 4. The topological polar surface area (TPSA) is 65.4 Å². The number of nitrogens with one attached hydrogen (secondary N) is 1. The van der Waals surface area contributed by atoms with Gasteiger partial charge in [0.05, 0.1) is 17.3 Å². The molecule has 1 N–H and O–H groups in total. The zero-order chi connectivity index (χ0) is 18.4. The molecule has 0 spiro atoms. The van der Waals surface area contributed by atoms with Crippen LogP contribution in [-0.2, 0) is 11.3 Å². The number of carbonyl (C=O) groups is 1. The molecule has 5 nitrogen and oxygen atoms in total. The Bertz CT molecular complexity index is 804. The van der Waals surface area contributed by atoms with E-state index in [-0.39, 0.29) is 12.6 Å². The molecule has 1 unspecified atom stereocenters. The zero-order valence-electron chi connectivity index (χ0n) is 14.3. The molecule has 0 aliphatic carbocycles. The molecule has 1 fully saturated rings. The van der Waals surface area contributed by atoms with Crippen LogP contribution < -0.4 is 10.2 Å². The largest absolute Gasteiger partial charge is 0.445 e. The van der Waals surface area contributed by atoms with Crippen LogP contribution in [0.4, 0.5) is 14.9 Å². The smallest absolute Gasteiger partial charge is 0.407 e. The highest BCUT2D eigenvalue weighted by Gasteiger charge is 2.24. The molecule has 6 heteroatoms. The lowest BCUT2D eigenvalue weighted by atomic mass is 10.0. The number of anilines is 1. The van der Waals surface area contributed by atoms with Gasteiger partial charge in [-0.25, -0.2) is 9.18 Å². The van der Waals surface area contributed by atoms with E-state index in [0.29, 0.717) is 24.3 Å². The summed E-state index contributed by atoms with van der Waals surface area (Å²) in [6, 6.07) is 15.7. The number of hydrogen-bond donors (Lipinski definition) is 1. The lowest BCUT2D eigenvalue weighted by molar-refractivity contribution is 0.134. The number of nitrogens with zero attached hydrogens (tertiary/aromatic N) is 2. The summed E-state index contributed by atoms with van der Waals surface area (Å²) in [5.41, 5.74) is 1.67. The van der Waals surface area contributed by atoms with E-state index >= 15 is 0 Å². The Kier molecular flexibility index (Phi) is 5.69. The van der Waals surface area contributed by atoms with Gasteiger partial charge in [-0.3, -0.25) is 0 Å². The third kappa shape index (κ3) is 4.51. The Morgan fingerprint density at radius 1 is 1.31 bits per heavy atom. The highest BCUT2D eigenvalue weighted by atomic mass is 19.1. The first-order chi connectivity index (χ1) is 12.7. The Hall–Kier alpha value is -3.07. The number of piperidine rings is 1. The number of hydrogen-bond acceptors (Lipinski definition) is 4. The number of amides is 1. The van der Waals surface area contributed by atoms with Crippen molar-refractivity contribution in [3.63, 3.8) is 0 Å². The van der Waals surface area contributed by atoms with Crippen LogP contribution in [0, 0.1) is 17.1 Å². The molecule has 3 rings (SSSR count). The maximum absolute atomic E-state index is 14.2. The fraction of sp³-hybridized carbons (Fsp3) is 0.300. The zero-order valence-corrected chi connectivity index (χ0v) is 14.3. The summed E-state index contributed by atoms with van der Waals surface area (Å²) >= 11 is 0. The van der Waals surface area contributed by atoms with Crippen molar-refractivity contribution in [1.29, 1.82) is 5.26 Å². The second kappa shape index (κ2) is 8.34. The van der Waals surface area contributed by atoms with Gasteiger partial charge in [0.25, 0.3) is 0 Å². The van der Waals surface area contributed by atoms with Crippen molar-refractivity contribution in [2.45, 2.75) is 25.5 Å². The van der Waals surface area contributed by atoms with Gasteiger partial charge in [-0.05, 0) is 36.6 Å². The summed E-state index contributed by atoms with van der Waals surface area (Å²) in [6.07, 6.45) is 1.18. The number of benzene rings is 2.